The molecule has 3 aromatic rings. The van der Waals surface area contributed by atoms with E-state index >= 15 is 0 Å². The highest BCUT2D eigenvalue weighted by Gasteiger charge is 2.16. The van der Waals surface area contributed by atoms with Gasteiger partial charge >= 0.3 is 0 Å². The summed E-state index contributed by atoms with van der Waals surface area (Å²) in [6.07, 6.45) is 3.05. The van der Waals surface area contributed by atoms with Crippen molar-refractivity contribution in [3.05, 3.63) is 97.0 Å². The average Bonchev–Trinajstić information content (AvgIpc) is 2.84. The van der Waals surface area contributed by atoms with Gasteiger partial charge in [0.25, 0.3) is 11.8 Å². The zero-order valence-corrected chi connectivity index (χ0v) is 23.6. The molecule has 3 rings (SSSR count). The molecule has 0 saturated heterocycles. The Bertz CT molecular complexity index is 1300. The molecule has 0 unspecified atom stereocenters. The van der Waals surface area contributed by atoms with Crippen LogP contribution in [0.1, 0.15) is 21.5 Å². The maximum Gasteiger partial charge on any atom is 0.287 e. The molecule has 0 aromatic heterocycles. The number of benzene rings is 3. The third-order valence-corrected chi connectivity index (χ3v) is 6.44. The van der Waals surface area contributed by atoms with E-state index < -0.39 is 11.8 Å². The number of hydrogen-bond donors (Lipinski definition) is 2. The predicted octanol–water partition coefficient (Wildman–Crippen LogP) is 5.86. The second-order valence-electron chi connectivity index (χ2n) is 7.69. The van der Waals surface area contributed by atoms with E-state index in [4.69, 9.17) is 16.3 Å². The van der Waals surface area contributed by atoms with Crippen LogP contribution in [0.2, 0.25) is 5.02 Å². The zero-order chi connectivity index (χ0) is 26.2. The first-order valence-electron chi connectivity index (χ1n) is 10.6. The van der Waals surface area contributed by atoms with Gasteiger partial charge in [0.05, 0.1) is 32.9 Å². The quantitative estimate of drug-likeness (QED) is 0.185. The van der Waals surface area contributed by atoms with Crippen molar-refractivity contribution in [1.29, 1.82) is 0 Å². The summed E-state index contributed by atoms with van der Waals surface area (Å²) in [5.74, 6) is -0.474. The second-order valence-corrected chi connectivity index (χ2v) is 9.81. The van der Waals surface area contributed by atoms with E-state index in [0.29, 0.717) is 11.3 Å². The molecule has 0 aliphatic carbocycles. The Morgan fingerprint density at radius 1 is 1.00 bits per heavy atom. The van der Waals surface area contributed by atoms with Crippen LogP contribution in [0.5, 0.6) is 5.75 Å². The number of anilines is 1. The minimum Gasteiger partial charge on any atom is -0.494 e. The summed E-state index contributed by atoms with van der Waals surface area (Å²) in [6.45, 7) is 0. The lowest BCUT2D eigenvalue weighted by atomic mass is 10.1. The lowest BCUT2D eigenvalue weighted by Crippen LogP contribution is -2.33. The highest BCUT2D eigenvalue weighted by atomic mass is 79.9. The highest BCUT2D eigenvalue weighted by Crippen LogP contribution is 2.33. The van der Waals surface area contributed by atoms with E-state index in [1.165, 1.54) is 6.21 Å². The number of hydrazone groups is 1. The van der Waals surface area contributed by atoms with Crippen LogP contribution in [0.25, 0.3) is 6.08 Å². The van der Waals surface area contributed by atoms with E-state index in [1.807, 2.05) is 43.3 Å². The van der Waals surface area contributed by atoms with Gasteiger partial charge in [0.1, 0.15) is 11.4 Å². The Morgan fingerprint density at radius 3 is 2.22 bits per heavy atom. The summed E-state index contributed by atoms with van der Waals surface area (Å²) in [5, 5.41) is 6.97. The highest BCUT2D eigenvalue weighted by molar-refractivity contribution is 9.11. The summed E-state index contributed by atoms with van der Waals surface area (Å²) in [6, 6.07) is 17.7. The van der Waals surface area contributed by atoms with Crippen molar-refractivity contribution in [2.24, 2.45) is 5.10 Å². The fourth-order valence-corrected chi connectivity index (χ4v) is 4.87. The Morgan fingerprint density at radius 2 is 1.64 bits per heavy atom. The number of amides is 2. The first-order valence-corrected chi connectivity index (χ1v) is 12.6. The number of ether oxygens (including phenoxy) is 1. The molecule has 7 nitrogen and oxygen atoms in total. The van der Waals surface area contributed by atoms with Gasteiger partial charge in [0.2, 0.25) is 0 Å². The number of nitrogens with one attached hydrogen (secondary N) is 2. The number of carbonyl (C=O) groups is 2. The summed E-state index contributed by atoms with van der Waals surface area (Å²) in [5.41, 5.74) is 5.15. The van der Waals surface area contributed by atoms with Gasteiger partial charge in [-0.1, -0.05) is 35.9 Å². The van der Waals surface area contributed by atoms with Gasteiger partial charge < -0.3 is 15.0 Å². The van der Waals surface area contributed by atoms with Crippen molar-refractivity contribution in [2.45, 2.75) is 0 Å². The third kappa shape index (κ3) is 7.19. The van der Waals surface area contributed by atoms with Crippen molar-refractivity contribution in [1.82, 2.24) is 10.7 Å². The molecule has 0 aliphatic rings. The number of carbonyl (C=O) groups excluding carboxylic acids is 2. The fraction of sp³-hybridized carbons (Fsp3) is 0.115. The van der Waals surface area contributed by atoms with Crippen molar-refractivity contribution < 1.29 is 14.3 Å². The van der Waals surface area contributed by atoms with Gasteiger partial charge in [-0.2, -0.15) is 5.10 Å². The van der Waals surface area contributed by atoms with Gasteiger partial charge in [-0.25, -0.2) is 5.43 Å². The minimum atomic E-state index is -0.602. The maximum atomic E-state index is 13.0. The number of halogens is 3. The fourth-order valence-electron chi connectivity index (χ4n) is 3.10. The monoisotopic (exact) mass is 632 g/mol. The molecule has 36 heavy (non-hydrogen) atoms. The molecule has 0 radical (unpaired) electrons. The Balaban J connectivity index is 1.85. The number of methoxy groups -OCH3 is 1. The van der Waals surface area contributed by atoms with E-state index in [0.717, 1.165) is 20.2 Å². The maximum absolute atomic E-state index is 13.0. The molecule has 0 aliphatic heterocycles. The SMILES string of the molecule is COc1c(Br)cc(/C=N/NC(=O)/C(=C\c2ccc(N(C)C)cc2)NC(=O)c2ccccc2Cl)cc1Br. The molecule has 0 fully saturated rings. The van der Waals surface area contributed by atoms with Crippen LogP contribution in [0, 0.1) is 0 Å². The largest absolute Gasteiger partial charge is 0.494 e. The van der Waals surface area contributed by atoms with Gasteiger partial charge in [-0.15, -0.1) is 0 Å². The first-order chi connectivity index (χ1) is 17.2. The summed E-state index contributed by atoms with van der Waals surface area (Å²) in [7, 11) is 5.44. The summed E-state index contributed by atoms with van der Waals surface area (Å²) < 4.78 is 6.74. The second kappa shape index (κ2) is 12.7. The molecular weight excluding hydrogens is 612 g/mol. The van der Waals surface area contributed by atoms with Crippen molar-refractivity contribution in [2.75, 3.05) is 26.1 Å². The van der Waals surface area contributed by atoms with Crippen LogP contribution in [0.15, 0.2) is 80.4 Å². The van der Waals surface area contributed by atoms with E-state index in [2.05, 4.69) is 47.7 Å². The number of rotatable bonds is 8. The molecule has 0 bridgehead atoms. The minimum absolute atomic E-state index is 0.00626. The normalized spacial score (nSPS) is 11.3. The topological polar surface area (TPSA) is 83.0 Å². The molecule has 3 aromatic carbocycles. The molecular formula is C26H23Br2ClN4O3. The summed E-state index contributed by atoms with van der Waals surface area (Å²) in [4.78, 5) is 27.8. The van der Waals surface area contributed by atoms with Gasteiger partial charge in [0, 0.05) is 19.8 Å². The lowest BCUT2D eigenvalue weighted by molar-refractivity contribution is -0.117. The molecule has 0 spiro atoms. The first kappa shape index (κ1) is 27.4. The average molecular weight is 635 g/mol. The molecule has 0 atom stereocenters. The predicted molar refractivity (Wildman–Crippen MR) is 152 cm³/mol. The van der Waals surface area contributed by atoms with Crippen LogP contribution >= 0.6 is 43.5 Å². The summed E-state index contributed by atoms with van der Waals surface area (Å²) >= 11 is 13.0. The van der Waals surface area contributed by atoms with Crippen molar-refractivity contribution in [3.63, 3.8) is 0 Å². The van der Waals surface area contributed by atoms with Crippen molar-refractivity contribution in [3.8, 4) is 5.75 Å². The lowest BCUT2D eigenvalue weighted by Gasteiger charge is -2.13. The van der Waals surface area contributed by atoms with Crippen LogP contribution in [0.4, 0.5) is 5.69 Å². The Labute approximate surface area is 231 Å². The van der Waals surface area contributed by atoms with Gasteiger partial charge in [-0.3, -0.25) is 9.59 Å². The molecule has 10 heteroatoms. The van der Waals surface area contributed by atoms with E-state index in [1.54, 1.807) is 49.6 Å². The zero-order valence-electron chi connectivity index (χ0n) is 19.7. The van der Waals surface area contributed by atoms with E-state index in [-0.39, 0.29) is 16.3 Å². The van der Waals surface area contributed by atoms with Crippen LogP contribution in [-0.2, 0) is 4.79 Å². The molecule has 186 valence electrons. The Hall–Kier alpha value is -3.14. The molecule has 0 saturated carbocycles. The third-order valence-electron chi connectivity index (χ3n) is 4.94. The Kier molecular flexibility index (Phi) is 9.69. The number of nitrogens with zero attached hydrogens (tertiary/aromatic N) is 2. The van der Waals surface area contributed by atoms with Crippen LogP contribution in [-0.4, -0.2) is 39.2 Å². The van der Waals surface area contributed by atoms with Crippen LogP contribution in [0.3, 0.4) is 0 Å². The molecule has 2 amide bonds. The molecule has 2 N–H and O–H groups in total. The number of hydrogen-bond acceptors (Lipinski definition) is 5. The standard InChI is InChI=1S/C26H23Br2ClN4O3/c1-33(2)18-10-8-16(9-11-18)14-23(31-25(34)19-6-4-5-7-22(19)29)26(35)32-30-15-17-12-20(27)24(36-3)21(28)13-17/h4-15H,1-3H3,(H,31,34)(H,32,35)/b23-14+,30-15+. The smallest absolute Gasteiger partial charge is 0.287 e. The van der Waals surface area contributed by atoms with Crippen molar-refractivity contribution >= 4 is 73.3 Å². The van der Waals surface area contributed by atoms with Gasteiger partial charge in [0.15, 0.2) is 0 Å². The van der Waals surface area contributed by atoms with Gasteiger partial charge in [-0.05, 0) is 85.5 Å². The van der Waals surface area contributed by atoms with E-state index in [9.17, 15) is 9.59 Å². The molecule has 0 heterocycles. The van der Waals surface area contributed by atoms with Crippen LogP contribution < -0.4 is 20.4 Å².